The smallest absolute Gasteiger partial charge is 0.355 e. The number of rotatable bonds is 19. The predicted molar refractivity (Wildman–Crippen MR) is 237 cm³/mol. The minimum atomic E-state index is -4.88. The maximum absolute atomic E-state index is 14.0. The van der Waals surface area contributed by atoms with Crippen molar-refractivity contribution < 1.29 is 51.0 Å². The number of pyridine rings is 1. The highest BCUT2D eigenvalue weighted by Crippen LogP contribution is 2.31. The zero-order chi connectivity index (χ0) is 47.1. The number of primary amides is 1. The van der Waals surface area contributed by atoms with Crippen LogP contribution in [0.3, 0.4) is 0 Å². The number of amides is 4. The molecule has 4 heterocycles. The second-order valence-electron chi connectivity index (χ2n) is 16.0. The van der Waals surface area contributed by atoms with Crippen LogP contribution in [0.5, 0.6) is 5.88 Å². The Kier molecular flexibility index (Phi) is 15.1. The Labute approximate surface area is 376 Å². The topological polar surface area (TPSA) is 273 Å². The Bertz CT molecular complexity index is 2600. The number of hydrogen-bond acceptors (Lipinski definition) is 14. The average molecular weight is 939 g/mol. The summed E-state index contributed by atoms with van der Waals surface area (Å²) in [6.07, 6.45) is 0.538. The molecule has 23 heteroatoms. The molecule has 1 saturated heterocycles. The van der Waals surface area contributed by atoms with Crippen LogP contribution < -0.4 is 31.1 Å². The molecule has 2 aromatic carbocycles. The van der Waals surface area contributed by atoms with Crippen LogP contribution in [0.15, 0.2) is 72.4 Å². The van der Waals surface area contributed by atoms with Crippen LogP contribution in [0.4, 0.5) is 26.0 Å². The molecule has 65 heavy (non-hydrogen) atoms. The van der Waals surface area contributed by atoms with E-state index in [0.717, 1.165) is 21.7 Å². The van der Waals surface area contributed by atoms with E-state index in [1.54, 1.807) is 48.4 Å². The monoisotopic (exact) mass is 938 g/mol. The summed E-state index contributed by atoms with van der Waals surface area (Å²) in [6, 6.07) is 14.0. The number of aliphatic hydroxyl groups excluding tert-OH is 1. The van der Waals surface area contributed by atoms with Gasteiger partial charge in [-0.1, -0.05) is 57.2 Å². The summed E-state index contributed by atoms with van der Waals surface area (Å²) in [7, 11) is -4.88. The molecule has 0 aliphatic carbocycles. The molecule has 3 aromatic heterocycles. The largest absolute Gasteiger partial charge is 0.475 e. The van der Waals surface area contributed by atoms with Gasteiger partial charge in [0.1, 0.15) is 30.9 Å². The number of ether oxygens (including phenoxy) is 2. The van der Waals surface area contributed by atoms with E-state index in [0.29, 0.717) is 11.3 Å². The molecule has 5 aromatic rings. The fourth-order valence-electron chi connectivity index (χ4n) is 6.85. The van der Waals surface area contributed by atoms with Crippen molar-refractivity contribution in [1.29, 1.82) is 0 Å². The fourth-order valence-corrected chi connectivity index (χ4v) is 8.22. The third-order valence-electron chi connectivity index (χ3n) is 10.1. The van der Waals surface area contributed by atoms with E-state index in [-0.39, 0.29) is 61.4 Å². The van der Waals surface area contributed by atoms with Crippen LogP contribution >= 0.6 is 11.3 Å². The second-order valence-corrected chi connectivity index (χ2v) is 18.5. The Morgan fingerprint density at radius 3 is 2.37 bits per heavy atom. The van der Waals surface area contributed by atoms with Gasteiger partial charge in [-0.15, -0.1) is 11.3 Å². The Morgan fingerprint density at radius 2 is 1.72 bits per heavy atom. The number of aryl methyl sites for hydroxylation is 1. The third kappa shape index (κ3) is 12.2. The number of hydrogen-bond donors (Lipinski definition) is 7. The van der Waals surface area contributed by atoms with Gasteiger partial charge in [-0.2, -0.15) is 13.9 Å². The number of aromatic amines is 1. The van der Waals surface area contributed by atoms with Gasteiger partial charge in [-0.05, 0) is 41.7 Å². The average Bonchev–Trinajstić information content (AvgIpc) is 4.00. The summed E-state index contributed by atoms with van der Waals surface area (Å²) in [5, 5.41) is 26.0. The number of halogens is 2. The minimum absolute atomic E-state index is 0.0354. The first-order valence-corrected chi connectivity index (χ1v) is 22.5. The fraction of sp³-hybridized carbons (Fsp3) is 0.357. The van der Waals surface area contributed by atoms with Gasteiger partial charge in [0, 0.05) is 48.7 Å². The van der Waals surface area contributed by atoms with E-state index in [1.165, 1.54) is 41.4 Å². The van der Waals surface area contributed by atoms with Crippen LogP contribution in [0.25, 0.3) is 21.7 Å². The number of alkyl halides is 2. The van der Waals surface area contributed by atoms with Gasteiger partial charge in [-0.3, -0.25) is 29.0 Å². The standard InChI is InChI=1S/C42H48F2N10O9S2/c1-23-35(64-22-48-23)26-7-5-24(6-8-26)19-47-39(58)30-18-29(55)20-54(30)40(59)36(42(2,3)4)50-31(56)21-62-15-16-63-32-17-28(13-14-46-32)49-38-33(37(45)57)34(51-52-38)25-9-11-27(12-10-25)53-65(60,61)41(43)44/h5-14,17,22,29-30,36,41,53,55H,15-16,18-21H2,1-4H3,(H2,45,57)(H,47,58)(H,50,56)(H2,46,49,51,52)/t29-,30+,36-/m1/s1. The van der Waals surface area contributed by atoms with Crippen LogP contribution in [-0.4, -0.2) is 113 Å². The molecule has 3 atom stereocenters. The first-order chi connectivity index (χ1) is 30.8. The Balaban J connectivity index is 0.981. The van der Waals surface area contributed by atoms with Crippen molar-refractivity contribution in [2.45, 2.75) is 64.6 Å². The molecule has 1 fully saturated rings. The lowest BCUT2D eigenvalue weighted by atomic mass is 9.85. The molecular formula is C42H48F2N10O9S2. The van der Waals surface area contributed by atoms with Crippen molar-refractivity contribution in [3.8, 4) is 27.6 Å². The number of likely N-dealkylation sites (tertiary alicyclic amines) is 1. The number of nitrogens with two attached hydrogens (primary N) is 1. The normalized spacial score (nSPS) is 15.7. The number of sulfonamides is 1. The van der Waals surface area contributed by atoms with Gasteiger partial charge >= 0.3 is 5.76 Å². The van der Waals surface area contributed by atoms with Crippen LogP contribution in [-0.2, 0) is 35.7 Å². The molecule has 6 rings (SSSR count). The number of carbonyl (C=O) groups is 4. The first kappa shape index (κ1) is 47.9. The summed E-state index contributed by atoms with van der Waals surface area (Å²) < 4.78 is 61.5. The van der Waals surface area contributed by atoms with Crippen molar-refractivity contribution in [2.75, 3.05) is 36.4 Å². The number of aliphatic hydroxyl groups is 1. The summed E-state index contributed by atoms with van der Waals surface area (Å²) in [4.78, 5) is 63.8. The number of nitrogens with zero attached hydrogens (tertiary/aromatic N) is 4. The van der Waals surface area contributed by atoms with Gasteiger partial charge < -0.3 is 41.2 Å². The molecule has 0 spiro atoms. The van der Waals surface area contributed by atoms with E-state index >= 15 is 0 Å². The van der Waals surface area contributed by atoms with Crippen LogP contribution in [0, 0.1) is 12.3 Å². The minimum Gasteiger partial charge on any atom is -0.475 e. The third-order valence-corrected chi connectivity index (χ3v) is 12.1. The SMILES string of the molecule is Cc1ncsc1-c1ccc(CNC(=O)[C@@H]2C[C@@H](O)CN2C(=O)[C@@H](NC(=O)COCCOc2cc(Nc3n[nH]c(-c4ccc(NS(=O)(=O)C(F)F)cc4)c3C(N)=O)ccn2)C(C)(C)C)cc1. The maximum Gasteiger partial charge on any atom is 0.355 e. The number of β-amino-alcohol motifs (C(OH)–C–C–N with tert-alkyl or cyclic N) is 1. The van der Waals surface area contributed by atoms with Crippen LogP contribution in [0.2, 0.25) is 0 Å². The summed E-state index contributed by atoms with van der Waals surface area (Å²) in [6.45, 7) is 6.90. The number of nitrogens with one attached hydrogen (secondary N) is 5. The Hall–Kier alpha value is -6.56. The summed E-state index contributed by atoms with van der Waals surface area (Å²) in [5.74, 6) is -5.83. The number of anilines is 3. The van der Waals surface area contributed by atoms with Crippen LogP contribution in [0.1, 0.15) is 48.8 Å². The molecule has 19 nitrogen and oxygen atoms in total. The molecule has 4 amide bonds. The van der Waals surface area contributed by atoms with Crippen molar-refractivity contribution in [2.24, 2.45) is 11.1 Å². The molecule has 0 saturated carbocycles. The zero-order valence-electron chi connectivity index (χ0n) is 35.6. The lowest BCUT2D eigenvalue weighted by molar-refractivity contribution is -0.144. The molecule has 0 radical (unpaired) electrons. The molecule has 1 aliphatic rings. The van der Waals surface area contributed by atoms with Gasteiger partial charge in [0.2, 0.25) is 23.6 Å². The highest BCUT2D eigenvalue weighted by atomic mass is 32.2. The highest BCUT2D eigenvalue weighted by molar-refractivity contribution is 7.93. The maximum atomic E-state index is 14.0. The number of benzene rings is 2. The van der Waals surface area contributed by atoms with Crippen molar-refractivity contribution in [3.63, 3.8) is 0 Å². The first-order valence-electron chi connectivity index (χ1n) is 20.1. The van der Waals surface area contributed by atoms with Crippen molar-refractivity contribution in [1.82, 2.24) is 35.7 Å². The zero-order valence-corrected chi connectivity index (χ0v) is 37.3. The van der Waals surface area contributed by atoms with Crippen molar-refractivity contribution in [3.05, 3.63) is 89.2 Å². The number of carbonyl (C=O) groups excluding carboxylic acids is 4. The summed E-state index contributed by atoms with van der Waals surface area (Å²) in [5.41, 5.74) is 10.2. The van der Waals surface area contributed by atoms with E-state index in [2.05, 4.69) is 36.1 Å². The quantitative estimate of drug-likeness (QED) is 0.0580. The van der Waals surface area contributed by atoms with Crippen molar-refractivity contribution >= 4 is 62.2 Å². The van der Waals surface area contributed by atoms with E-state index in [1.807, 2.05) is 31.2 Å². The Morgan fingerprint density at radius 1 is 1.02 bits per heavy atom. The molecule has 0 unspecified atom stereocenters. The van der Waals surface area contributed by atoms with Gasteiger partial charge in [0.05, 0.1) is 34.5 Å². The lowest BCUT2D eigenvalue weighted by Crippen LogP contribution is -2.58. The van der Waals surface area contributed by atoms with E-state index in [4.69, 9.17) is 15.2 Å². The van der Waals surface area contributed by atoms with Gasteiger partial charge in [0.15, 0.2) is 5.82 Å². The number of thiazole rings is 1. The van der Waals surface area contributed by atoms with E-state index < -0.39 is 69.6 Å². The molecule has 8 N–H and O–H groups in total. The number of aromatic nitrogens is 4. The molecule has 1 aliphatic heterocycles. The highest BCUT2D eigenvalue weighted by Gasteiger charge is 2.44. The molecule has 0 bridgehead atoms. The summed E-state index contributed by atoms with van der Waals surface area (Å²) >= 11 is 1.55. The molecule has 346 valence electrons. The van der Waals surface area contributed by atoms with Gasteiger partial charge in [0.25, 0.3) is 15.9 Å². The van der Waals surface area contributed by atoms with Gasteiger partial charge in [-0.25, -0.2) is 18.4 Å². The second kappa shape index (κ2) is 20.5. The lowest BCUT2D eigenvalue weighted by Gasteiger charge is -2.35. The van der Waals surface area contributed by atoms with E-state index in [9.17, 15) is 41.5 Å². The molecular weight excluding hydrogens is 891 g/mol. The number of H-pyrrole nitrogens is 1. The predicted octanol–water partition coefficient (Wildman–Crippen LogP) is 3.91.